The second-order valence-electron chi connectivity index (χ2n) is 4.76. The van der Waals surface area contributed by atoms with Crippen LogP contribution in [0, 0.1) is 5.92 Å². The lowest BCUT2D eigenvalue weighted by Gasteiger charge is -2.10. The summed E-state index contributed by atoms with van der Waals surface area (Å²) in [4.78, 5) is 11.8. The first-order valence-electron chi connectivity index (χ1n) is 7.35. The second-order valence-corrected chi connectivity index (χ2v) is 5.92. The van der Waals surface area contributed by atoms with Crippen LogP contribution in [0.25, 0.3) is 0 Å². The summed E-state index contributed by atoms with van der Waals surface area (Å²) in [6.45, 7) is 10.5. The summed E-state index contributed by atoms with van der Waals surface area (Å²) in [5.74, 6) is 1.57. The van der Waals surface area contributed by atoms with Gasteiger partial charge in [-0.1, -0.05) is 70.6 Å². The minimum absolute atomic E-state index is 0.294. The van der Waals surface area contributed by atoms with E-state index >= 15 is 0 Å². The van der Waals surface area contributed by atoms with Crippen LogP contribution in [0.15, 0.2) is 24.3 Å². The van der Waals surface area contributed by atoms with E-state index in [1.165, 1.54) is 22.9 Å². The summed E-state index contributed by atoms with van der Waals surface area (Å²) in [6, 6.07) is 8.32. The number of hydrogen-bond acceptors (Lipinski definition) is 2. The number of rotatable bonds is 6. The summed E-state index contributed by atoms with van der Waals surface area (Å²) in [5, 5.41) is 0.294. The Labute approximate surface area is 123 Å². The highest BCUT2D eigenvalue weighted by Gasteiger charge is 2.09. The lowest BCUT2D eigenvalue weighted by molar-refractivity contribution is -0.110. The molecule has 0 saturated carbocycles. The normalized spacial score (nSPS) is 10.0. The first kappa shape index (κ1) is 18.2. The van der Waals surface area contributed by atoms with Gasteiger partial charge in [0.15, 0.2) is 5.12 Å². The van der Waals surface area contributed by atoms with Crippen molar-refractivity contribution in [3.8, 4) is 0 Å². The van der Waals surface area contributed by atoms with Crippen molar-refractivity contribution in [2.45, 2.75) is 53.9 Å². The van der Waals surface area contributed by atoms with Gasteiger partial charge in [-0.05, 0) is 29.9 Å². The van der Waals surface area contributed by atoms with Crippen LogP contribution in [0.5, 0.6) is 0 Å². The Bertz CT molecular complexity index is 358. The summed E-state index contributed by atoms with van der Waals surface area (Å²) < 4.78 is 0. The summed E-state index contributed by atoms with van der Waals surface area (Å²) >= 11 is 1.46. The van der Waals surface area contributed by atoms with E-state index in [4.69, 9.17) is 0 Å². The predicted molar refractivity (Wildman–Crippen MR) is 87.8 cm³/mol. The smallest absolute Gasteiger partial charge is 0.193 e. The van der Waals surface area contributed by atoms with Gasteiger partial charge in [-0.25, -0.2) is 0 Å². The van der Waals surface area contributed by atoms with Crippen LogP contribution in [-0.4, -0.2) is 10.9 Å². The molecule has 0 spiro atoms. The maximum absolute atomic E-state index is 11.8. The Morgan fingerprint density at radius 1 is 1.16 bits per heavy atom. The Morgan fingerprint density at radius 3 is 2.26 bits per heavy atom. The number of hydrogen-bond donors (Lipinski definition) is 0. The number of carbonyl (C=O) groups excluding carboxylic acids is 1. The largest absolute Gasteiger partial charge is 0.287 e. The molecule has 108 valence electrons. The lowest BCUT2D eigenvalue weighted by atomic mass is 9.97. The van der Waals surface area contributed by atoms with Crippen molar-refractivity contribution in [2.75, 3.05) is 5.75 Å². The van der Waals surface area contributed by atoms with Crippen LogP contribution in [0.3, 0.4) is 0 Å². The van der Waals surface area contributed by atoms with E-state index in [2.05, 4.69) is 39.0 Å². The Kier molecular flexibility index (Phi) is 10.7. The van der Waals surface area contributed by atoms with E-state index in [1.54, 1.807) is 0 Å². The SMILES string of the molecule is CC.CCCSC(=O)Cc1ccccc1CC(C)C. The topological polar surface area (TPSA) is 17.1 Å². The maximum atomic E-state index is 11.8. The number of benzene rings is 1. The molecule has 2 heteroatoms. The van der Waals surface area contributed by atoms with Crippen LogP contribution in [0.1, 0.15) is 52.2 Å². The summed E-state index contributed by atoms with van der Waals surface area (Å²) in [7, 11) is 0. The van der Waals surface area contributed by atoms with E-state index in [9.17, 15) is 4.79 Å². The van der Waals surface area contributed by atoms with Crippen LogP contribution in [0.4, 0.5) is 0 Å². The summed E-state index contributed by atoms with van der Waals surface area (Å²) in [5.41, 5.74) is 2.53. The van der Waals surface area contributed by atoms with E-state index < -0.39 is 0 Å². The fourth-order valence-corrected chi connectivity index (χ4v) is 2.48. The standard InChI is InChI=1S/C15H22OS.C2H6/c1-4-9-17-15(16)11-14-8-6-5-7-13(14)10-12(2)3;1-2/h5-8,12H,4,9-11H2,1-3H3;1-2H3. The molecule has 0 N–H and O–H groups in total. The quantitative estimate of drug-likeness (QED) is 0.719. The van der Waals surface area contributed by atoms with E-state index in [1.807, 2.05) is 19.9 Å². The molecular formula is C17H28OS. The Balaban J connectivity index is 0.00000154. The monoisotopic (exact) mass is 280 g/mol. The molecule has 0 fully saturated rings. The van der Waals surface area contributed by atoms with Crippen molar-refractivity contribution < 1.29 is 4.79 Å². The van der Waals surface area contributed by atoms with Crippen LogP contribution in [0.2, 0.25) is 0 Å². The zero-order valence-corrected chi connectivity index (χ0v) is 13.8. The average molecular weight is 280 g/mol. The fraction of sp³-hybridized carbons (Fsp3) is 0.588. The third-order valence-electron chi connectivity index (χ3n) is 2.55. The van der Waals surface area contributed by atoms with Gasteiger partial charge in [0.2, 0.25) is 0 Å². The molecule has 0 bridgehead atoms. The van der Waals surface area contributed by atoms with Crippen molar-refractivity contribution in [3.63, 3.8) is 0 Å². The fourth-order valence-electron chi connectivity index (χ4n) is 1.79. The van der Waals surface area contributed by atoms with E-state index in [-0.39, 0.29) is 0 Å². The molecule has 1 aromatic rings. The first-order valence-corrected chi connectivity index (χ1v) is 8.34. The molecule has 1 nitrogen and oxygen atoms in total. The van der Waals surface area contributed by atoms with Gasteiger partial charge >= 0.3 is 0 Å². The highest BCUT2D eigenvalue weighted by Crippen LogP contribution is 2.17. The molecule has 0 aromatic heterocycles. The van der Waals surface area contributed by atoms with Gasteiger partial charge in [-0.2, -0.15) is 0 Å². The third-order valence-corrected chi connectivity index (χ3v) is 3.63. The zero-order chi connectivity index (χ0) is 14.7. The highest BCUT2D eigenvalue weighted by atomic mass is 32.2. The lowest BCUT2D eigenvalue weighted by Crippen LogP contribution is -2.04. The molecule has 0 aliphatic carbocycles. The van der Waals surface area contributed by atoms with Crippen LogP contribution < -0.4 is 0 Å². The van der Waals surface area contributed by atoms with Crippen LogP contribution >= 0.6 is 11.8 Å². The van der Waals surface area contributed by atoms with Crippen molar-refractivity contribution in [1.29, 1.82) is 0 Å². The van der Waals surface area contributed by atoms with Crippen molar-refractivity contribution in [2.24, 2.45) is 5.92 Å². The molecule has 0 atom stereocenters. The average Bonchev–Trinajstić information content (AvgIpc) is 2.40. The maximum Gasteiger partial charge on any atom is 0.193 e. The number of thioether (sulfide) groups is 1. The highest BCUT2D eigenvalue weighted by molar-refractivity contribution is 8.13. The molecule has 0 saturated heterocycles. The minimum atomic E-state index is 0.294. The Hall–Kier alpha value is -0.760. The molecule has 1 rings (SSSR count). The van der Waals surface area contributed by atoms with Gasteiger partial charge in [-0.15, -0.1) is 0 Å². The Morgan fingerprint density at radius 2 is 1.74 bits per heavy atom. The molecule has 0 amide bonds. The predicted octanol–water partition coefficient (Wildman–Crippen LogP) is 5.12. The second kappa shape index (κ2) is 11.1. The third kappa shape index (κ3) is 8.10. The van der Waals surface area contributed by atoms with Crippen molar-refractivity contribution in [3.05, 3.63) is 35.4 Å². The minimum Gasteiger partial charge on any atom is -0.287 e. The van der Waals surface area contributed by atoms with E-state index in [0.717, 1.165) is 18.6 Å². The van der Waals surface area contributed by atoms with Crippen LogP contribution in [-0.2, 0) is 17.6 Å². The van der Waals surface area contributed by atoms with Gasteiger partial charge in [0, 0.05) is 12.2 Å². The molecule has 0 unspecified atom stereocenters. The summed E-state index contributed by atoms with van der Waals surface area (Å²) in [6.07, 6.45) is 2.69. The molecule has 0 aliphatic rings. The van der Waals surface area contributed by atoms with Crippen molar-refractivity contribution >= 4 is 16.9 Å². The van der Waals surface area contributed by atoms with Gasteiger partial charge in [0.25, 0.3) is 0 Å². The molecular weight excluding hydrogens is 252 g/mol. The molecule has 19 heavy (non-hydrogen) atoms. The van der Waals surface area contributed by atoms with E-state index in [0.29, 0.717) is 17.5 Å². The molecule has 0 radical (unpaired) electrons. The molecule has 0 heterocycles. The molecule has 0 aliphatic heterocycles. The first-order chi connectivity index (χ1) is 9.13. The van der Waals surface area contributed by atoms with Gasteiger partial charge in [-0.3, -0.25) is 4.79 Å². The number of carbonyl (C=O) groups is 1. The van der Waals surface area contributed by atoms with Gasteiger partial charge < -0.3 is 0 Å². The zero-order valence-electron chi connectivity index (χ0n) is 13.0. The van der Waals surface area contributed by atoms with Crippen molar-refractivity contribution in [1.82, 2.24) is 0 Å². The molecule has 1 aromatic carbocycles. The van der Waals surface area contributed by atoms with Gasteiger partial charge in [0.05, 0.1) is 0 Å². The van der Waals surface area contributed by atoms with Gasteiger partial charge in [0.1, 0.15) is 0 Å².